The number of rotatable bonds is 8. The summed E-state index contributed by atoms with van der Waals surface area (Å²) in [4.78, 5) is 2.42. The molecule has 0 aliphatic carbocycles. The smallest absolute Gasteiger partial charge is 0.0699 e. The fourth-order valence-corrected chi connectivity index (χ4v) is 2.58. The molecule has 0 bridgehead atoms. The van der Waals surface area contributed by atoms with Gasteiger partial charge in [-0.1, -0.05) is 45.0 Å². The molecule has 0 aliphatic rings. The van der Waals surface area contributed by atoms with E-state index in [1.54, 1.807) is 0 Å². The molecule has 0 amide bonds. The van der Waals surface area contributed by atoms with Crippen LogP contribution in [0.15, 0.2) is 24.3 Å². The van der Waals surface area contributed by atoms with Gasteiger partial charge in [-0.05, 0) is 50.4 Å². The summed E-state index contributed by atoms with van der Waals surface area (Å²) in [7, 11) is 0. The maximum atomic E-state index is 6.56. The number of hydrogen-bond acceptors (Lipinski definition) is 2. The minimum absolute atomic E-state index is 0.250. The van der Waals surface area contributed by atoms with Gasteiger partial charge in [-0.15, -0.1) is 0 Å². The zero-order chi connectivity index (χ0) is 14.3. The van der Waals surface area contributed by atoms with Crippen LogP contribution in [0.5, 0.6) is 0 Å². The van der Waals surface area contributed by atoms with E-state index in [0.717, 1.165) is 38.8 Å². The summed E-state index contributed by atoms with van der Waals surface area (Å²) in [6.45, 7) is 10.9. The van der Waals surface area contributed by atoms with Gasteiger partial charge in [0.1, 0.15) is 0 Å². The van der Waals surface area contributed by atoms with Crippen LogP contribution in [0.1, 0.15) is 51.7 Å². The first-order valence-corrected chi connectivity index (χ1v) is 7.65. The van der Waals surface area contributed by atoms with Crippen LogP contribution in [-0.2, 0) is 12.8 Å². The Kier molecular flexibility index (Phi) is 6.53. The second-order valence-corrected chi connectivity index (χ2v) is 5.69. The molecule has 1 unspecified atom stereocenters. The normalized spacial score (nSPS) is 14.6. The molecule has 0 saturated heterocycles. The summed E-state index contributed by atoms with van der Waals surface area (Å²) in [5, 5.41) is 0. The van der Waals surface area contributed by atoms with Gasteiger partial charge in [-0.3, -0.25) is 4.90 Å². The van der Waals surface area contributed by atoms with Gasteiger partial charge in [0, 0.05) is 6.42 Å². The molecule has 0 radical (unpaired) electrons. The molecule has 0 heterocycles. The summed E-state index contributed by atoms with van der Waals surface area (Å²) in [6, 6.07) is 8.88. The first-order chi connectivity index (χ1) is 9.03. The van der Waals surface area contributed by atoms with Crippen LogP contribution in [0.3, 0.4) is 0 Å². The van der Waals surface area contributed by atoms with E-state index in [1.165, 1.54) is 11.1 Å². The Morgan fingerprint density at radius 1 is 0.947 bits per heavy atom. The second kappa shape index (κ2) is 7.66. The van der Waals surface area contributed by atoms with Gasteiger partial charge in [0.25, 0.3) is 0 Å². The Bertz CT molecular complexity index is 348. The lowest BCUT2D eigenvalue weighted by atomic mass is 9.98. The van der Waals surface area contributed by atoms with Crippen LogP contribution in [0.4, 0.5) is 0 Å². The van der Waals surface area contributed by atoms with Crippen molar-refractivity contribution < 1.29 is 0 Å². The van der Waals surface area contributed by atoms with Crippen LogP contribution in [0, 0.1) is 0 Å². The maximum Gasteiger partial charge on any atom is 0.0699 e. The highest BCUT2D eigenvalue weighted by Crippen LogP contribution is 2.17. The van der Waals surface area contributed by atoms with Gasteiger partial charge in [-0.25, -0.2) is 0 Å². The van der Waals surface area contributed by atoms with E-state index < -0.39 is 0 Å². The van der Waals surface area contributed by atoms with E-state index in [0.29, 0.717) is 0 Å². The van der Waals surface area contributed by atoms with Crippen LogP contribution in [0.2, 0.25) is 0 Å². The third-order valence-electron chi connectivity index (χ3n) is 3.70. The number of benzene rings is 1. The predicted molar refractivity (Wildman–Crippen MR) is 84.3 cm³/mol. The van der Waals surface area contributed by atoms with Crippen molar-refractivity contribution >= 4 is 0 Å². The lowest BCUT2D eigenvalue weighted by Gasteiger charge is -2.38. The largest absolute Gasteiger partial charge is 0.313 e. The Morgan fingerprint density at radius 3 is 1.84 bits per heavy atom. The quantitative estimate of drug-likeness (QED) is 0.725. The molecule has 0 aliphatic heterocycles. The molecule has 108 valence electrons. The van der Waals surface area contributed by atoms with E-state index in [4.69, 9.17) is 5.73 Å². The first-order valence-electron chi connectivity index (χ1n) is 7.65. The van der Waals surface area contributed by atoms with Gasteiger partial charge in [-0.2, -0.15) is 0 Å². The molecular weight excluding hydrogens is 232 g/mol. The van der Waals surface area contributed by atoms with E-state index in [2.05, 4.69) is 56.9 Å². The second-order valence-electron chi connectivity index (χ2n) is 5.69. The Morgan fingerprint density at radius 2 is 1.42 bits per heavy atom. The Labute approximate surface area is 119 Å². The summed E-state index contributed by atoms with van der Waals surface area (Å²) in [5.74, 6) is 0. The highest BCUT2D eigenvalue weighted by molar-refractivity contribution is 5.23. The summed E-state index contributed by atoms with van der Waals surface area (Å²) < 4.78 is 0. The zero-order valence-electron chi connectivity index (χ0n) is 13.1. The fourth-order valence-electron chi connectivity index (χ4n) is 2.58. The number of aryl methyl sites for hydroxylation is 1. The summed E-state index contributed by atoms with van der Waals surface area (Å²) >= 11 is 0. The predicted octanol–water partition coefficient (Wildman–Crippen LogP) is 3.59. The van der Waals surface area contributed by atoms with Gasteiger partial charge in [0.2, 0.25) is 0 Å². The van der Waals surface area contributed by atoms with Crippen molar-refractivity contribution in [1.82, 2.24) is 4.90 Å². The van der Waals surface area contributed by atoms with E-state index >= 15 is 0 Å². The minimum Gasteiger partial charge on any atom is -0.313 e. The summed E-state index contributed by atoms with van der Waals surface area (Å²) in [6.07, 6.45) is 4.32. The van der Waals surface area contributed by atoms with Crippen LogP contribution in [0.25, 0.3) is 0 Å². The molecule has 0 spiro atoms. The van der Waals surface area contributed by atoms with Gasteiger partial charge in [0.05, 0.1) is 5.66 Å². The van der Waals surface area contributed by atoms with Crippen molar-refractivity contribution in [3.63, 3.8) is 0 Å². The molecule has 1 aromatic rings. The standard InChI is InChI=1S/C17H30N2/c1-5-12-19(13-6-2)17(4,18)14-16-10-8-15(7-3)9-11-16/h8-11H,5-7,12-14,18H2,1-4H3. The third kappa shape index (κ3) is 4.96. The molecule has 1 rings (SSSR count). The number of nitrogens with two attached hydrogens (primary N) is 1. The molecule has 0 saturated carbocycles. The molecule has 2 nitrogen and oxygen atoms in total. The van der Waals surface area contributed by atoms with Crippen molar-refractivity contribution in [2.45, 2.75) is 59.0 Å². The molecule has 2 heteroatoms. The van der Waals surface area contributed by atoms with E-state index in [-0.39, 0.29) is 5.66 Å². The first kappa shape index (κ1) is 16.2. The van der Waals surface area contributed by atoms with Gasteiger partial charge < -0.3 is 5.73 Å². The number of nitrogens with zero attached hydrogens (tertiary/aromatic N) is 1. The van der Waals surface area contributed by atoms with Crippen LogP contribution in [-0.4, -0.2) is 23.7 Å². The topological polar surface area (TPSA) is 29.3 Å². The Hall–Kier alpha value is -0.860. The average Bonchev–Trinajstić information content (AvgIpc) is 2.39. The molecule has 2 N–H and O–H groups in total. The molecule has 1 atom stereocenters. The van der Waals surface area contributed by atoms with Crippen molar-refractivity contribution in [3.8, 4) is 0 Å². The monoisotopic (exact) mass is 262 g/mol. The Balaban J connectivity index is 2.74. The molecular formula is C17H30N2. The lowest BCUT2D eigenvalue weighted by molar-refractivity contribution is 0.108. The van der Waals surface area contributed by atoms with Crippen molar-refractivity contribution in [2.24, 2.45) is 5.73 Å². The molecule has 0 aromatic heterocycles. The van der Waals surface area contributed by atoms with Gasteiger partial charge >= 0.3 is 0 Å². The highest BCUT2D eigenvalue weighted by Gasteiger charge is 2.26. The van der Waals surface area contributed by atoms with Crippen LogP contribution >= 0.6 is 0 Å². The molecule has 0 fully saturated rings. The average molecular weight is 262 g/mol. The van der Waals surface area contributed by atoms with E-state index in [9.17, 15) is 0 Å². The highest BCUT2D eigenvalue weighted by atomic mass is 15.3. The maximum absolute atomic E-state index is 6.56. The fraction of sp³-hybridized carbons (Fsp3) is 0.647. The number of hydrogen-bond donors (Lipinski definition) is 1. The zero-order valence-corrected chi connectivity index (χ0v) is 13.1. The van der Waals surface area contributed by atoms with Crippen molar-refractivity contribution in [2.75, 3.05) is 13.1 Å². The third-order valence-corrected chi connectivity index (χ3v) is 3.70. The summed E-state index contributed by atoms with van der Waals surface area (Å²) in [5.41, 5.74) is 9.03. The SMILES string of the molecule is CCCN(CCC)C(C)(N)Cc1ccc(CC)cc1. The van der Waals surface area contributed by atoms with E-state index in [1.807, 2.05) is 0 Å². The van der Waals surface area contributed by atoms with Gasteiger partial charge in [0.15, 0.2) is 0 Å². The lowest BCUT2D eigenvalue weighted by Crippen LogP contribution is -2.55. The van der Waals surface area contributed by atoms with Crippen LogP contribution < -0.4 is 5.73 Å². The van der Waals surface area contributed by atoms with Crippen molar-refractivity contribution in [1.29, 1.82) is 0 Å². The molecule has 19 heavy (non-hydrogen) atoms. The molecule has 1 aromatic carbocycles. The minimum atomic E-state index is -0.250. The van der Waals surface area contributed by atoms with Crippen molar-refractivity contribution in [3.05, 3.63) is 35.4 Å².